The van der Waals surface area contributed by atoms with E-state index in [-0.39, 0.29) is 11.4 Å². The number of rotatable bonds is 4. The Balaban J connectivity index is 1.32. The van der Waals surface area contributed by atoms with E-state index in [1.54, 1.807) is 6.08 Å². The molecule has 0 atom stereocenters. The maximum Gasteiger partial charge on any atom is 0.164 e. The molecule has 1 aliphatic rings. The van der Waals surface area contributed by atoms with Crippen molar-refractivity contribution < 1.29 is 4.42 Å². The summed E-state index contributed by atoms with van der Waals surface area (Å²) in [5.74, 6) is 1.62. The summed E-state index contributed by atoms with van der Waals surface area (Å²) >= 11 is 0. The van der Waals surface area contributed by atoms with E-state index in [4.69, 9.17) is 30.2 Å². The lowest BCUT2D eigenvalue weighted by molar-refractivity contribution is 0.669. The molecule has 2 aromatic heterocycles. The summed E-state index contributed by atoms with van der Waals surface area (Å²) < 4.78 is 6.23. The standard InChI is InChI=1S/C41H25N5O/c42-33-22-21-26-19-17-25-18-20-27(23-32(25)36(26)38(33)43)39-44-40(29-12-5-4-11-28(29)24-9-2-1-3-10-24)46-41(45-39)31-14-8-16-35-37(31)30-13-6-7-15-34(30)47-35/h1-23,42-43H. The van der Waals surface area contributed by atoms with Crippen molar-refractivity contribution in [3.8, 4) is 45.3 Å². The first-order chi connectivity index (χ1) is 23.1. The van der Waals surface area contributed by atoms with Crippen molar-refractivity contribution in [3.63, 3.8) is 0 Å². The Morgan fingerprint density at radius 2 is 1.17 bits per heavy atom. The fraction of sp³-hybridized carbons (Fsp3) is 0. The molecule has 2 heterocycles. The van der Waals surface area contributed by atoms with Crippen LogP contribution in [0.2, 0.25) is 0 Å². The Hall–Kier alpha value is -6.53. The third-order valence-electron chi connectivity index (χ3n) is 8.79. The molecule has 1 aliphatic carbocycles. The molecule has 6 nitrogen and oxygen atoms in total. The van der Waals surface area contributed by atoms with Gasteiger partial charge in [-0.2, -0.15) is 0 Å². The fourth-order valence-electron chi connectivity index (χ4n) is 6.54. The minimum Gasteiger partial charge on any atom is -0.456 e. The summed E-state index contributed by atoms with van der Waals surface area (Å²) in [6, 6.07) is 42.6. The number of nitrogens with zero attached hydrogens (tertiary/aromatic N) is 3. The maximum absolute atomic E-state index is 8.73. The summed E-state index contributed by atoms with van der Waals surface area (Å²) in [6.07, 6.45) is 3.58. The van der Waals surface area contributed by atoms with Crippen molar-refractivity contribution in [2.75, 3.05) is 0 Å². The van der Waals surface area contributed by atoms with Crippen molar-refractivity contribution in [1.82, 2.24) is 15.0 Å². The van der Waals surface area contributed by atoms with E-state index >= 15 is 0 Å². The zero-order chi connectivity index (χ0) is 31.5. The summed E-state index contributed by atoms with van der Waals surface area (Å²) in [4.78, 5) is 15.4. The number of benzene rings is 6. The van der Waals surface area contributed by atoms with Crippen molar-refractivity contribution in [3.05, 3.63) is 145 Å². The van der Waals surface area contributed by atoms with E-state index in [0.717, 1.165) is 71.7 Å². The van der Waals surface area contributed by atoms with Gasteiger partial charge in [0.15, 0.2) is 17.5 Å². The molecular formula is C41H25N5O. The molecule has 0 saturated heterocycles. The highest BCUT2D eigenvalue weighted by atomic mass is 16.3. The number of allylic oxidation sites excluding steroid dienone is 1. The highest BCUT2D eigenvalue weighted by molar-refractivity contribution is 6.53. The number of aromatic nitrogens is 3. The van der Waals surface area contributed by atoms with Crippen LogP contribution < -0.4 is 0 Å². The minimum absolute atomic E-state index is 0.193. The average molecular weight is 604 g/mol. The Bertz CT molecular complexity index is 2620. The van der Waals surface area contributed by atoms with Crippen LogP contribution in [0.15, 0.2) is 138 Å². The minimum atomic E-state index is 0.193. The molecule has 0 aliphatic heterocycles. The number of fused-ring (bicyclic) bond motifs is 6. The molecule has 0 spiro atoms. The molecule has 9 rings (SSSR count). The quantitative estimate of drug-likeness (QED) is 0.209. The molecule has 8 aromatic rings. The Morgan fingerprint density at radius 3 is 2.04 bits per heavy atom. The van der Waals surface area contributed by atoms with Crippen LogP contribution in [0.4, 0.5) is 0 Å². The second-order valence-electron chi connectivity index (χ2n) is 11.6. The highest BCUT2D eigenvalue weighted by Crippen LogP contribution is 2.38. The van der Waals surface area contributed by atoms with Crippen LogP contribution in [0.5, 0.6) is 0 Å². The number of nitrogens with one attached hydrogen (secondary N) is 2. The number of hydrogen-bond donors (Lipinski definition) is 2. The summed E-state index contributed by atoms with van der Waals surface area (Å²) in [6.45, 7) is 0. The predicted octanol–water partition coefficient (Wildman–Crippen LogP) is 10.0. The van der Waals surface area contributed by atoms with Crippen molar-refractivity contribution in [2.45, 2.75) is 0 Å². The topological polar surface area (TPSA) is 99.5 Å². The molecule has 0 amide bonds. The van der Waals surface area contributed by atoms with Gasteiger partial charge in [-0.15, -0.1) is 0 Å². The van der Waals surface area contributed by atoms with Gasteiger partial charge in [0.05, 0.1) is 11.4 Å². The first-order valence-electron chi connectivity index (χ1n) is 15.4. The number of furan rings is 1. The Morgan fingerprint density at radius 1 is 0.489 bits per heavy atom. The number of hydrogen-bond acceptors (Lipinski definition) is 6. The smallest absolute Gasteiger partial charge is 0.164 e. The van der Waals surface area contributed by atoms with E-state index in [1.165, 1.54) is 0 Å². The fourth-order valence-corrected chi connectivity index (χ4v) is 6.54. The molecule has 0 bridgehead atoms. The van der Waals surface area contributed by atoms with Crippen LogP contribution >= 0.6 is 0 Å². The summed E-state index contributed by atoms with van der Waals surface area (Å²) in [5, 5.41) is 20.9. The van der Waals surface area contributed by atoms with Gasteiger partial charge in [-0.05, 0) is 51.7 Å². The summed E-state index contributed by atoms with van der Waals surface area (Å²) in [7, 11) is 0. The predicted molar refractivity (Wildman–Crippen MR) is 190 cm³/mol. The molecule has 6 aromatic carbocycles. The summed E-state index contributed by atoms with van der Waals surface area (Å²) in [5.41, 5.74) is 8.28. The van der Waals surface area contributed by atoms with Crippen molar-refractivity contribution >= 4 is 50.2 Å². The van der Waals surface area contributed by atoms with E-state index in [0.29, 0.717) is 17.5 Å². The molecule has 0 fully saturated rings. The van der Waals surface area contributed by atoms with Gasteiger partial charge in [0.25, 0.3) is 0 Å². The Labute approximate surface area is 269 Å². The van der Waals surface area contributed by atoms with Crippen LogP contribution in [0.1, 0.15) is 11.1 Å². The second-order valence-corrected chi connectivity index (χ2v) is 11.6. The highest BCUT2D eigenvalue weighted by Gasteiger charge is 2.21. The van der Waals surface area contributed by atoms with E-state index < -0.39 is 0 Å². The van der Waals surface area contributed by atoms with Gasteiger partial charge in [0.2, 0.25) is 0 Å². The lowest BCUT2D eigenvalue weighted by Crippen LogP contribution is -2.16. The van der Waals surface area contributed by atoms with E-state index in [9.17, 15) is 0 Å². The Kier molecular flexibility index (Phi) is 6.01. The van der Waals surface area contributed by atoms with Crippen LogP contribution in [0.25, 0.3) is 84.1 Å². The SMILES string of the molecule is N=C1C=Cc2ccc3ccc(-c4nc(-c5ccccc5-c5ccccc5)nc(-c5cccc6oc7ccccc7c56)n4)cc3c2C1=N. The van der Waals surface area contributed by atoms with E-state index in [2.05, 4.69) is 36.4 Å². The lowest BCUT2D eigenvalue weighted by atomic mass is 9.88. The zero-order valence-electron chi connectivity index (χ0n) is 25.0. The molecule has 6 heteroatoms. The van der Waals surface area contributed by atoms with Crippen LogP contribution in [0.3, 0.4) is 0 Å². The maximum atomic E-state index is 8.73. The van der Waals surface area contributed by atoms with Crippen LogP contribution in [0, 0.1) is 10.8 Å². The molecule has 0 radical (unpaired) electrons. The third-order valence-corrected chi connectivity index (χ3v) is 8.79. The normalized spacial score (nSPS) is 12.7. The monoisotopic (exact) mass is 603 g/mol. The largest absolute Gasteiger partial charge is 0.456 e. The van der Waals surface area contributed by atoms with Gasteiger partial charge in [-0.1, -0.05) is 115 Å². The van der Waals surface area contributed by atoms with Gasteiger partial charge in [-0.3, -0.25) is 10.8 Å². The average Bonchev–Trinajstić information content (AvgIpc) is 3.52. The molecule has 220 valence electrons. The van der Waals surface area contributed by atoms with Crippen LogP contribution in [-0.4, -0.2) is 26.4 Å². The molecule has 2 N–H and O–H groups in total. The van der Waals surface area contributed by atoms with Gasteiger partial charge in [-0.25, -0.2) is 15.0 Å². The lowest BCUT2D eigenvalue weighted by Gasteiger charge is -2.16. The second kappa shape index (κ2) is 10.5. The first-order valence-corrected chi connectivity index (χ1v) is 15.4. The van der Waals surface area contributed by atoms with Crippen molar-refractivity contribution in [1.29, 1.82) is 10.8 Å². The van der Waals surface area contributed by atoms with Crippen molar-refractivity contribution in [2.24, 2.45) is 0 Å². The first kappa shape index (κ1) is 26.8. The third kappa shape index (κ3) is 4.38. The van der Waals surface area contributed by atoms with E-state index in [1.807, 2.05) is 97.1 Å². The van der Waals surface area contributed by atoms with Gasteiger partial charge in [0, 0.05) is 33.0 Å². The molecule has 0 saturated carbocycles. The van der Waals surface area contributed by atoms with Crippen LogP contribution in [-0.2, 0) is 0 Å². The number of para-hydroxylation sites is 1. The molecule has 47 heavy (non-hydrogen) atoms. The zero-order valence-corrected chi connectivity index (χ0v) is 25.0. The van der Waals surface area contributed by atoms with Gasteiger partial charge < -0.3 is 4.42 Å². The van der Waals surface area contributed by atoms with Gasteiger partial charge >= 0.3 is 0 Å². The van der Waals surface area contributed by atoms with Gasteiger partial charge in [0.1, 0.15) is 11.2 Å². The molecular weight excluding hydrogens is 578 g/mol. The molecule has 0 unspecified atom stereocenters.